The first-order valence-corrected chi connectivity index (χ1v) is 10.6. The Balaban J connectivity index is 1.77. The van der Waals surface area contributed by atoms with Crippen LogP contribution in [0.15, 0.2) is 46.3 Å². The Bertz CT molecular complexity index is 1030. The summed E-state index contributed by atoms with van der Waals surface area (Å²) in [5, 5.41) is 25.2. The number of benzene rings is 1. The van der Waals surface area contributed by atoms with Crippen LogP contribution in [-0.2, 0) is 11.0 Å². The molecule has 1 amide bonds. The van der Waals surface area contributed by atoms with Gasteiger partial charge in [-0.15, -0.1) is 0 Å². The van der Waals surface area contributed by atoms with Crippen LogP contribution >= 0.6 is 11.8 Å². The second-order valence-electron chi connectivity index (χ2n) is 7.40. The molecule has 3 rings (SSSR count). The van der Waals surface area contributed by atoms with E-state index in [0.717, 1.165) is 43.2 Å². The maximum Gasteiger partial charge on any atom is 0.416 e. The van der Waals surface area contributed by atoms with Crippen LogP contribution in [0.3, 0.4) is 0 Å². The highest BCUT2D eigenvalue weighted by molar-refractivity contribution is 8.03. The summed E-state index contributed by atoms with van der Waals surface area (Å²) in [4.78, 5) is 12.3. The molecule has 0 atom stereocenters. The van der Waals surface area contributed by atoms with Gasteiger partial charge in [0.2, 0.25) is 5.91 Å². The van der Waals surface area contributed by atoms with Crippen molar-refractivity contribution in [1.29, 1.82) is 10.5 Å². The summed E-state index contributed by atoms with van der Waals surface area (Å²) in [5.41, 5.74) is 5.22. The van der Waals surface area contributed by atoms with Gasteiger partial charge in [0.15, 0.2) is 0 Å². The van der Waals surface area contributed by atoms with Crippen molar-refractivity contribution >= 4 is 23.4 Å². The smallest absolute Gasteiger partial charge is 0.384 e. The Labute approximate surface area is 182 Å². The normalized spacial score (nSPS) is 18.2. The molecule has 10 heteroatoms. The minimum atomic E-state index is -4.51. The van der Waals surface area contributed by atoms with E-state index < -0.39 is 23.1 Å². The van der Waals surface area contributed by atoms with E-state index in [1.54, 1.807) is 0 Å². The van der Waals surface area contributed by atoms with Gasteiger partial charge in [-0.1, -0.05) is 37.1 Å². The number of anilines is 1. The largest absolute Gasteiger partial charge is 0.416 e. The molecule has 1 saturated carbocycles. The minimum Gasteiger partial charge on any atom is -0.384 e. The van der Waals surface area contributed by atoms with E-state index in [1.165, 1.54) is 12.1 Å². The lowest BCUT2D eigenvalue weighted by atomic mass is 9.64. The van der Waals surface area contributed by atoms with Gasteiger partial charge in [0, 0.05) is 11.1 Å². The zero-order valence-corrected chi connectivity index (χ0v) is 17.3. The third-order valence-corrected chi connectivity index (χ3v) is 6.46. The van der Waals surface area contributed by atoms with Gasteiger partial charge in [0.25, 0.3) is 0 Å². The highest BCUT2D eigenvalue weighted by Crippen LogP contribution is 2.51. The number of alkyl halides is 3. The summed E-state index contributed by atoms with van der Waals surface area (Å²) in [6, 6.07) is 8.70. The van der Waals surface area contributed by atoms with E-state index in [0.29, 0.717) is 29.0 Å². The van der Waals surface area contributed by atoms with Crippen LogP contribution in [0.2, 0.25) is 0 Å². The number of hydrogen-bond acceptors (Lipinski definition) is 6. The number of dihydropyridines is 1. The highest BCUT2D eigenvalue weighted by atomic mass is 32.2. The molecule has 1 aromatic rings. The number of carbonyl (C=O) groups excluding carboxylic acids is 1. The van der Waals surface area contributed by atoms with Gasteiger partial charge in [0.05, 0.1) is 39.6 Å². The highest BCUT2D eigenvalue weighted by Gasteiger charge is 2.45. The number of thioether (sulfide) groups is 1. The fourth-order valence-electron chi connectivity index (χ4n) is 4.04. The Hall–Kier alpha value is -3.11. The summed E-state index contributed by atoms with van der Waals surface area (Å²) in [7, 11) is 0. The third kappa shape index (κ3) is 4.64. The minimum absolute atomic E-state index is 0.0291. The lowest BCUT2D eigenvalue weighted by molar-refractivity contribution is -0.137. The fourth-order valence-corrected chi connectivity index (χ4v) is 4.96. The molecule has 1 spiro atoms. The van der Waals surface area contributed by atoms with Crippen LogP contribution < -0.4 is 16.4 Å². The molecule has 0 aromatic heterocycles. The number of rotatable bonds is 4. The standard InChI is InChI=1S/C21H20F3N5OS/c22-21(23,24)13-5-4-6-14(9-13)28-17(30)12-31-19-16(11-26)20(7-2-1-3-8-20)15(10-25)18(27)29-19/h4-6,9,29H,1-3,7-8,12,27H2,(H,28,30). The van der Waals surface area contributed by atoms with E-state index in [1.807, 2.05) is 0 Å². The maximum atomic E-state index is 12.8. The van der Waals surface area contributed by atoms with Crippen LogP contribution in [0.1, 0.15) is 37.7 Å². The van der Waals surface area contributed by atoms with Gasteiger partial charge in [0.1, 0.15) is 5.82 Å². The predicted molar refractivity (Wildman–Crippen MR) is 111 cm³/mol. The third-order valence-electron chi connectivity index (χ3n) is 5.45. The molecule has 1 fully saturated rings. The van der Waals surface area contributed by atoms with E-state index in [9.17, 15) is 28.5 Å². The van der Waals surface area contributed by atoms with Gasteiger partial charge in [-0.3, -0.25) is 4.79 Å². The molecule has 1 aliphatic carbocycles. The van der Waals surface area contributed by atoms with E-state index >= 15 is 0 Å². The van der Waals surface area contributed by atoms with Crippen LogP contribution in [0.5, 0.6) is 0 Å². The Morgan fingerprint density at radius 3 is 2.48 bits per heavy atom. The number of nitrogens with one attached hydrogen (secondary N) is 2. The molecular weight excluding hydrogens is 427 g/mol. The van der Waals surface area contributed by atoms with Crippen molar-refractivity contribution in [3.63, 3.8) is 0 Å². The van der Waals surface area contributed by atoms with Crippen molar-refractivity contribution in [2.24, 2.45) is 11.1 Å². The number of nitrogens with two attached hydrogens (primary N) is 1. The molecule has 6 nitrogen and oxygen atoms in total. The predicted octanol–water partition coefficient (Wildman–Crippen LogP) is 4.36. The number of carbonyl (C=O) groups is 1. The zero-order chi connectivity index (χ0) is 22.6. The Morgan fingerprint density at radius 2 is 1.87 bits per heavy atom. The number of amides is 1. The number of halogens is 3. The Morgan fingerprint density at radius 1 is 1.19 bits per heavy atom. The summed E-state index contributed by atoms with van der Waals surface area (Å²) in [6.07, 6.45) is -0.530. The SMILES string of the molecule is N#CC1=C(N)NC(SCC(=O)Nc2cccc(C(F)(F)F)c2)=C(C#N)C12CCCCC2. The first-order valence-electron chi connectivity index (χ1n) is 9.63. The van der Waals surface area contributed by atoms with Crippen molar-refractivity contribution in [2.75, 3.05) is 11.1 Å². The molecule has 0 bridgehead atoms. The van der Waals surface area contributed by atoms with Crippen molar-refractivity contribution in [1.82, 2.24) is 5.32 Å². The van der Waals surface area contributed by atoms with Gasteiger partial charge >= 0.3 is 6.18 Å². The summed E-state index contributed by atoms with van der Waals surface area (Å²) >= 11 is 1.04. The van der Waals surface area contributed by atoms with Crippen LogP contribution in [0, 0.1) is 28.1 Å². The van der Waals surface area contributed by atoms with E-state index in [-0.39, 0.29) is 17.3 Å². The number of nitrogens with zero attached hydrogens (tertiary/aromatic N) is 2. The lowest BCUT2D eigenvalue weighted by Gasteiger charge is -2.40. The topological polar surface area (TPSA) is 115 Å². The van der Waals surface area contributed by atoms with Gasteiger partial charge in [-0.05, 0) is 31.0 Å². The second-order valence-corrected chi connectivity index (χ2v) is 8.39. The second kappa shape index (κ2) is 8.94. The maximum absolute atomic E-state index is 12.8. The molecule has 0 saturated heterocycles. The van der Waals surface area contributed by atoms with Gasteiger partial charge in [-0.25, -0.2) is 0 Å². The van der Waals surface area contributed by atoms with E-state index in [2.05, 4.69) is 22.8 Å². The summed E-state index contributed by atoms with van der Waals surface area (Å²) in [6.45, 7) is 0. The average molecular weight is 447 g/mol. The number of nitriles is 2. The van der Waals surface area contributed by atoms with Crippen LogP contribution in [-0.4, -0.2) is 11.7 Å². The quantitative estimate of drug-likeness (QED) is 0.632. The van der Waals surface area contributed by atoms with Crippen LogP contribution in [0.25, 0.3) is 0 Å². The molecule has 31 heavy (non-hydrogen) atoms. The average Bonchev–Trinajstić information content (AvgIpc) is 2.72. The molecule has 0 unspecified atom stereocenters. The Kier molecular flexibility index (Phi) is 6.51. The molecule has 1 heterocycles. The molecule has 4 N–H and O–H groups in total. The van der Waals surface area contributed by atoms with Crippen molar-refractivity contribution in [3.8, 4) is 12.1 Å². The number of hydrogen-bond donors (Lipinski definition) is 3. The molecule has 1 aromatic carbocycles. The molecule has 162 valence electrons. The van der Waals surface area contributed by atoms with Gasteiger partial charge < -0.3 is 16.4 Å². The van der Waals surface area contributed by atoms with Crippen molar-refractivity contribution in [3.05, 3.63) is 51.8 Å². The fraction of sp³-hybridized carbons (Fsp3) is 0.381. The van der Waals surface area contributed by atoms with Gasteiger partial charge in [-0.2, -0.15) is 23.7 Å². The van der Waals surface area contributed by atoms with Crippen molar-refractivity contribution in [2.45, 2.75) is 38.3 Å². The molecule has 1 aliphatic heterocycles. The van der Waals surface area contributed by atoms with Crippen molar-refractivity contribution < 1.29 is 18.0 Å². The van der Waals surface area contributed by atoms with Crippen LogP contribution in [0.4, 0.5) is 18.9 Å². The van der Waals surface area contributed by atoms with E-state index in [4.69, 9.17) is 5.73 Å². The molecule has 2 aliphatic rings. The zero-order valence-electron chi connectivity index (χ0n) is 16.5. The molecule has 0 radical (unpaired) electrons. The number of allylic oxidation sites excluding steroid dienone is 2. The molecular formula is C21H20F3N5OS. The first kappa shape index (κ1) is 22.6. The monoisotopic (exact) mass is 447 g/mol. The lowest BCUT2D eigenvalue weighted by Crippen LogP contribution is -2.39. The summed E-state index contributed by atoms with van der Waals surface area (Å²) in [5.74, 6) is -0.499. The first-order chi connectivity index (χ1) is 14.7. The summed E-state index contributed by atoms with van der Waals surface area (Å²) < 4.78 is 38.5.